The second-order valence-corrected chi connectivity index (χ2v) is 8.00. The lowest BCUT2D eigenvalue weighted by molar-refractivity contribution is -0.132. The summed E-state index contributed by atoms with van der Waals surface area (Å²) in [4.78, 5) is 14.6. The molecule has 1 aromatic heterocycles. The fourth-order valence-corrected chi connectivity index (χ4v) is 4.34. The van der Waals surface area contributed by atoms with Crippen molar-refractivity contribution < 1.29 is 13.9 Å². The molecule has 1 saturated heterocycles. The number of piperidine rings is 1. The number of carbonyl (C=O) groups is 1. The Balaban J connectivity index is 1.28. The van der Waals surface area contributed by atoms with Gasteiger partial charge in [0.25, 0.3) is 5.89 Å². The van der Waals surface area contributed by atoms with Crippen LogP contribution < -0.4 is 4.74 Å². The topological polar surface area (TPSA) is 68.5 Å². The number of benzene rings is 1. The lowest BCUT2D eigenvalue weighted by Crippen LogP contribution is -2.39. The Morgan fingerprint density at radius 2 is 1.93 bits per heavy atom. The van der Waals surface area contributed by atoms with Crippen molar-refractivity contribution in [2.45, 2.75) is 63.9 Å². The molecule has 150 valence electrons. The average molecular weight is 383 g/mol. The van der Waals surface area contributed by atoms with Gasteiger partial charge in [0.1, 0.15) is 5.75 Å². The molecule has 2 heterocycles. The lowest BCUT2D eigenvalue weighted by atomic mass is 9.96. The Morgan fingerprint density at radius 3 is 2.75 bits per heavy atom. The van der Waals surface area contributed by atoms with E-state index in [4.69, 9.17) is 9.15 Å². The normalized spacial score (nSPS) is 20.4. The minimum Gasteiger partial charge on any atom is -0.484 e. The molecule has 6 heteroatoms. The van der Waals surface area contributed by atoms with E-state index in [0.717, 1.165) is 37.5 Å². The smallest absolute Gasteiger partial charge is 0.253 e. The Labute approximate surface area is 166 Å². The van der Waals surface area contributed by atoms with Crippen molar-refractivity contribution in [3.63, 3.8) is 0 Å². The van der Waals surface area contributed by atoms with Crippen LogP contribution in [-0.2, 0) is 11.4 Å². The largest absolute Gasteiger partial charge is 0.484 e. The quantitative estimate of drug-likeness (QED) is 0.712. The van der Waals surface area contributed by atoms with Gasteiger partial charge in [-0.25, -0.2) is 0 Å². The van der Waals surface area contributed by atoms with E-state index in [0.29, 0.717) is 24.7 Å². The van der Waals surface area contributed by atoms with Crippen LogP contribution in [0.2, 0.25) is 0 Å². The van der Waals surface area contributed by atoms with E-state index in [1.54, 1.807) is 0 Å². The Bertz CT molecular complexity index is 755. The second-order valence-electron chi connectivity index (χ2n) is 8.00. The van der Waals surface area contributed by atoms with Gasteiger partial charge in [0.2, 0.25) is 11.8 Å². The highest BCUT2D eigenvalue weighted by molar-refractivity contribution is 5.76. The third kappa shape index (κ3) is 4.91. The van der Waals surface area contributed by atoms with Crippen LogP contribution in [0.15, 0.2) is 34.7 Å². The van der Waals surface area contributed by atoms with E-state index in [-0.39, 0.29) is 18.4 Å². The van der Waals surface area contributed by atoms with Crippen LogP contribution in [0.25, 0.3) is 0 Å². The monoisotopic (exact) mass is 383 g/mol. The maximum absolute atomic E-state index is 12.6. The van der Waals surface area contributed by atoms with Crippen molar-refractivity contribution in [2.24, 2.45) is 5.92 Å². The molecule has 1 aromatic carbocycles. The SMILES string of the molecule is O=C(CCC1CCCC1)N1CCCC(c2nnc(COc3ccccc3)o2)C1. The Hall–Kier alpha value is -2.37. The summed E-state index contributed by atoms with van der Waals surface area (Å²) in [6.07, 6.45) is 8.94. The predicted molar refractivity (Wildman–Crippen MR) is 105 cm³/mol. The summed E-state index contributed by atoms with van der Waals surface area (Å²) in [7, 11) is 0. The number of nitrogens with zero attached hydrogens (tertiary/aromatic N) is 3. The number of ether oxygens (including phenoxy) is 1. The van der Waals surface area contributed by atoms with Gasteiger partial charge in [0.05, 0.1) is 5.92 Å². The van der Waals surface area contributed by atoms with Gasteiger partial charge in [-0.3, -0.25) is 4.79 Å². The molecule has 2 aromatic rings. The Kier molecular flexibility index (Phi) is 6.24. The number of aromatic nitrogens is 2. The zero-order chi connectivity index (χ0) is 19.2. The second kappa shape index (κ2) is 9.22. The first-order valence-electron chi connectivity index (χ1n) is 10.6. The summed E-state index contributed by atoms with van der Waals surface area (Å²) in [5.41, 5.74) is 0. The Morgan fingerprint density at radius 1 is 1.11 bits per heavy atom. The molecule has 1 aliphatic carbocycles. The molecule has 6 nitrogen and oxygen atoms in total. The zero-order valence-electron chi connectivity index (χ0n) is 16.4. The van der Waals surface area contributed by atoms with Crippen molar-refractivity contribution >= 4 is 5.91 Å². The molecule has 1 saturated carbocycles. The van der Waals surface area contributed by atoms with Gasteiger partial charge in [-0.2, -0.15) is 0 Å². The molecule has 0 N–H and O–H groups in total. The number of para-hydroxylation sites is 1. The van der Waals surface area contributed by atoms with Crippen LogP contribution in [0, 0.1) is 5.92 Å². The van der Waals surface area contributed by atoms with Crippen LogP contribution in [0.5, 0.6) is 5.75 Å². The first kappa shape index (κ1) is 19.0. The molecule has 2 aliphatic rings. The van der Waals surface area contributed by atoms with Gasteiger partial charge in [-0.05, 0) is 37.3 Å². The van der Waals surface area contributed by atoms with E-state index >= 15 is 0 Å². The average Bonchev–Trinajstić information content (AvgIpc) is 3.43. The third-order valence-electron chi connectivity index (χ3n) is 5.95. The van der Waals surface area contributed by atoms with E-state index in [2.05, 4.69) is 10.2 Å². The van der Waals surface area contributed by atoms with Crippen molar-refractivity contribution in [1.82, 2.24) is 15.1 Å². The highest BCUT2D eigenvalue weighted by Crippen LogP contribution is 2.30. The minimum atomic E-state index is 0.127. The number of carbonyl (C=O) groups excluding carboxylic acids is 1. The fourth-order valence-electron chi connectivity index (χ4n) is 4.34. The maximum atomic E-state index is 12.6. The molecular formula is C22H29N3O3. The van der Waals surface area contributed by atoms with Gasteiger partial charge in [0, 0.05) is 19.5 Å². The summed E-state index contributed by atoms with van der Waals surface area (Å²) < 4.78 is 11.5. The van der Waals surface area contributed by atoms with Crippen LogP contribution in [0.4, 0.5) is 0 Å². The van der Waals surface area contributed by atoms with Gasteiger partial charge in [-0.1, -0.05) is 43.9 Å². The van der Waals surface area contributed by atoms with E-state index in [1.165, 1.54) is 25.7 Å². The van der Waals surface area contributed by atoms with Crippen molar-refractivity contribution in [3.8, 4) is 5.75 Å². The van der Waals surface area contributed by atoms with Crippen LogP contribution in [-0.4, -0.2) is 34.1 Å². The molecule has 1 amide bonds. The first-order chi connectivity index (χ1) is 13.8. The molecule has 28 heavy (non-hydrogen) atoms. The predicted octanol–water partition coefficient (Wildman–Crippen LogP) is 4.33. The number of rotatable bonds is 7. The van der Waals surface area contributed by atoms with E-state index in [9.17, 15) is 4.79 Å². The number of likely N-dealkylation sites (tertiary alicyclic amines) is 1. The van der Waals surface area contributed by atoms with Crippen molar-refractivity contribution in [3.05, 3.63) is 42.1 Å². The highest BCUT2D eigenvalue weighted by atomic mass is 16.5. The van der Waals surface area contributed by atoms with Gasteiger partial charge in [-0.15, -0.1) is 10.2 Å². The summed E-state index contributed by atoms with van der Waals surface area (Å²) in [6, 6.07) is 9.59. The molecule has 1 atom stereocenters. The molecule has 1 unspecified atom stereocenters. The minimum absolute atomic E-state index is 0.127. The maximum Gasteiger partial charge on any atom is 0.253 e. The standard InChI is InChI=1S/C22H29N3O3/c26-21(13-12-17-7-4-5-8-17)25-14-6-9-18(15-25)22-24-23-20(28-22)16-27-19-10-2-1-3-11-19/h1-3,10-11,17-18H,4-9,12-16H2. The van der Waals surface area contributed by atoms with Crippen LogP contribution >= 0.6 is 0 Å². The first-order valence-corrected chi connectivity index (χ1v) is 10.6. The zero-order valence-corrected chi connectivity index (χ0v) is 16.4. The fraction of sp³-hybridized carbons (Fsp3) is 0.591. The molecule has 0 radical (unpaired) electrons. The molecule has 0 bridgehead atoms. The highest BCUT2D eigenvalue weighted by Gasteiger charge is 2.29. The van der Waals surface area contributed by atoms with Gasteiger partial charge >= 0.3 is 0 Å². The third-order valence-corrected chi connectivity index (χ3v) is 5.95. The summed E-state index contributed by atoms with van der Waals surface area (Å²) in [5.74, 6) is 3.04. The molecule has 0 spiro atoms. The summed E-state index contributed by atoms with van der Waals surface area (Å²) in [5, 5.41) is 8.34. The summed E-state index contributed by atoms with van der Waals surface area (Å²) >= 11 is 0. The van der Waals surface area contributed by atoms with Gasteiger partial charge in [0.15, 0.2) is 6.61 Å². The number of hydrogen-bond acceptors (Lipinski definition) is 5. The van der Waals surface area contributed by atoms with Crippen LogP contribution in [0.3, 0.4) is 0 Å². The number of amides is 1. The summed E-state index contributed by atoms with van der Waals surface area (Å²) in [6.45, 7) is 1.79. The van der Waals surface area contributed by atoms with E-state index < -0.39 is 0 Å². The van der Waals surface area contributed by atoms with Gasteiger partial charge < -0.3 is 14.1 Å². The molecule has 1 aliphatic heterocycles. The van der Waals surface area contributed by atoms with Crippen molar-refractivity contribution in [2.75, 3.05) is 13.1 Å². The van der Waals surface area contributed by atoms with Crippen LogP contribution in [0.1, 0.15) is 69.1 Å². The van der Waals surface area contributed by atoms with E-state index in [1.807, 2.05) is 35.2 Å². The molecule has 4 rings (SSSR count). The molecule has 2 fully saturated rings. The lowest BCUT2D eigenvalue weighted by Gasteiger charge is -2.31. The molecular weight excluding hydrogens is 354 g/mol. The van der Waals surface area contributed by atoms with Crippen molar-refractivity contribution in [1.29, 1.82) is 0 Å². The number of hydrogen-bond donors (Lipinski definition) is 0.